The molecule has 1 unspecified atom stereocenters. The van der Waals surface area contributed by atoms with Crippen LogP contribution in [0.4, 0.5) is 5.69 Å². The molecule has 9 heteroatoms. The predicted octanol–water partition coefficient (Wildman–Crippen LogP) is 0.839. The smallest absolute Gasteiger partial charge is 0.328 e. The molecular formula is C26H27N5O4. The SMILES string of the molecule is COC(=O)C(Cc1c(C=c2c(=O)[nH][nH]c2=CCc2ccc(N)cc2)[nH]c2ccccc12)NC(C)=O. The number of aromatic amines is 3. The van der Waals surface area contributed by atoms with E-state index in [1.54, 1.807) is 6.08 Å². The van der Waals surface area contributed by atoms with Gasteiger partial charge >= 0.3 is 5.97 Å². The fraction of sp³-hybridized carbons (Fsp3) is 0.192. The van der Waals surface area contributed by atoms with E-state index in [0.717, 1.165) is 22.0 Å². The van der Waals surface area contributed by atoms with Crippen molar-refractivity contribution in [3.05, 3.63) is 86.3 Å². The molecule has 1 atom stereocenters. The molecule has 35 heavy (non-hydrogen) atoms. The summed E-state index contributed by atoms with van der Waals surface area (Å²) in [7, 11) is 1.28. The zero-order chi connectivity index (χ0) is 24.9. The van der Waals surface area contributed by atoms with Crippen molar-refractivity contribution < 1.29 is 14.3 Å². The van der Waals surface area contributed by atoms with Gasteiger partial charge in [-0.2, -0.15) is 0 Å². The maximum atomic E-state index is 12.6. The third-order valence-corrected chi connectivity index (χ3v) is 5.77. The highest BCUT2D eigenvalue weighted by molar-refractivity contribution is 5.89. The summed E-state index contributed by atoms with van der Waals surface area (Å²) in [6, 6.07) is 14.3. The van der Waals surface area contributed by atoms with Crippen molar-refractivity contribution in [1.82, 2.24) is 20.5 Å². The quantitative estimate of drug-likeness (QED) is 0.199. The zero-order valence-corrected chi connectivity index (χ0v) is 19.5. The van der Waals surface area contributed by atoms with Gasteiger partial charge < -0.3 is 20.8 Å². The number of hydrogen-bond donors (Lipinski definition) is 5. The Bertz CT molecular complexity index is 1540. The van der Waals surface area contributed by atoms with E-state index in [4.69, 9.17) is 10.5 Å². The molecule has 0 spiro atoms. The Labute approximate surface area is 200 Å². The lowest BCUT2D eigenvalue weighted by Crippen LogP contribution is -2.42. The lowest BCUT2D eigenvalue weighted by molar-refractivity contribution is -0.144. The first kappa shape index (κ1) is 23.6. The first-order chi connectivity index (χ1) is 16.9. The van der Waals surface area contributed by atoms with Crippen LogP contribution in [0.2, 0.25) is 0 Å². The number of amides is 1. The van der Waals surface area contributed by atoms with Gasteiger partial charge in [0.05, 0.1) is 17.7 Å². The number of carbonyl (C=O) groups is 2. The van der Waals surface area contributed by atoms with Gasteiger partial charge in [0.2, 0.25) is 5.91 Å². The largest absolute Gasteiger partial charge is 0.467 e. The molecule has 0 saturated carbocycles. The number of hydrogen-bond acceptors (Lipinski definition) is 5. The van der Waals surface area contributed by atoms with E-state index in [2.05, 4.69) is 20.5 Å². The molecule has 0 bridgehead atoms. The van der Waals surface area contributed by atoms with Crippen molar-refractivity contribution >= 4 is 40.6 Å². The van der Waals surface area contributed by atoms with E-state index in [9.17, 15) is 14.4 Å². The van der Waals surface area contributed by atoms with Crippen LogP contribution in [0.1, 0.15) is 23.7 Å². The highest BCUT2D eigenvalue weighted by Crippen LogP contribution is 2.24. The highest BCUT2D eigenvalue weighted by atomic mass is 16.5. The number of carbonyl (C=O) groups excluding carboxylic acids is 2. The van der Waals surface area contributed by atoms with Crippen molar-refractivity contribution in [3.8, 4) is 0 Å². The second-order valence-electron chi connectivity index (χ2n) is 8.24. The maximum Gasteiger partial charge on any atom is 0.328 e. The molecule has 2 aromatic heterocycles. The van der Waals surface area contributed by atoms with Gasteiger partial charge in [-0.05, 0) is 41.8 Å². The number of fused-ring (bicyclic) bond motifs is 1. The molecule has 0 aliphatic heterocycles. The Hall–Kier alpha value is -4.53. The van der Waals surface area contributed by atoms with Gasteiger partial charge in [0.25, 0.3) is 5.56 Å². The summed E-state index contributed by atoms with van der Waals surface area (Å²) in [5.74, 6) is -0.888. The summed E-state index contributed by atoms with van der Waals surface area (Å²) in [5.41, 5.74) is 9.52. The number of benzene rings is 2. The molecule has 2 heterocycles. The Morgan fingerprint density at radius 3 is 2.57 bits per heavy atom. The van der Waals surface area contributed by atoms with Crippen LogP contribution >= 0.6 is 0 Å². The Kier molecular flexibility index (Phi) is 6.86. The normalized spacial score (nSPS) is 13.2. The lowest BCUT2D eigenvalue weighted by atomic mass is 10.0. The minimum Gasteiger partial charge on any atom is -0.467 e. The molecule has 0 fully saturated rings. The topological polar surface area (TPSA) is 146 Å². The number of ether oxygens (including phenoxy) is 1. The van der Waals surface area contributed by atoms with E-state index in [1.165, 1.54) is 14.0 Å². The number of methoxy groups -OCH3 is 1. The standard InChI is InChI=1S/C26H27N5O4/c1-15(32)28-24(26(34)35-2)13-19-18-5-3-4-6-21(18)29-23(19)14-20-22(30-31-25(20)33)12-9-16-7-10-17(27)11-8-16/h3-8,10-12,14,24,29-30H,9,13,27H2,1-2H3,(H,28,32)(H,31,33). The van der Waals surface area contributed by atoms with Gasteiger partial charge in [-0.15, -0.1) is 0 Å². The Balaban J connectivity index is 1.81. The summed E-state index contributed by atoms with van der Waals surface area (Å²) in [5, 5.41) is 10.2. The fourth-order valence-electron chi connectivity index (χ4n) is 4.05. The van der Waals surface area contributed by atoms with Gasteiger partial charge in [0, 0.05) is 35.6 Å². The molecule has 0 radical (unpaired) electrons. The number of H-pyrrole nitrogens is 3. The lowest BCUT2D eigenvalue weighted by Gasteiger charge is -2.15. The molecule has 180 valence electrons. The number of rotatable bonds is 7. The van der Waals surface area contributed by atoms with E-state index in [0.29, 0.717) is 28.4 Å². The Morgan fingerprint density at radius 1 is 1.11 bits per heavy atom. The number of nitrogens with two attached hydrogens (primary N) is 1. The van der Waals surface area contributed by atoms with E-state index in [1.807, 2.05) is 54.6 Å². The average molecular weight is 474 g/mol. The minimum absolute atomic E-state index is 0.189. The number of aromatic nitrogens is 3. The molecule has 0 saturated heterocycles. The number of para-hydroxylation sites is 1. The molecule has 9 nitrogen and oxygen atoms in total. The van der Waals surface area contributed by atoms with Gasteiger partial charge in [-0.25, -0.2) is 4.79 Å². The second-order valence-corrected chi connectivity index (χ2v) is 8.24. The molecule has 6 N–H and O–H groups in total. The molecule has 4 rings (SSSR count). The van der Waals surface area contributed by atoms with Gasteiger partial charge in [-0.3, -0.25) is 19.8 Å². The molecule has 0 aliphatic rings. The number of nitrogens with one attached hydrogen (secondary N) is 4. The monoisotopic (exact) mass is 473 g/mol. The molecule has 4 aromatic rings. The van der Waals surface area contributed by atoms with Crippen molar-refractivity contribution in [1.29, 1.82) is 0 Å². The summed E-state index contributed by atoms with van der Waals surface area (Å²) < 4.78 is 4.89. The van der Waals surface area contributed by atoms with Crippen LogP contribution in [0.15, 0.2) is 53.3 Å². The minimum atomic E-state index is -0.870. The van der Waals surface area contributed by atoms with E-state index in [-0.39, 0.29) is 17.9 Å². The summed E-state index contributed by atoms with van der Waals surface area (Å²) in [4.78, 5) is 40.1. The van der Waals surface area contributed by atoms with Crippen LogP contribution in [-0.4, -0.2) is 40.2 Å². The van der Waals surface area contributed by atoms with Crippen molar-refractivity contribution in [2.24, 2.45) is 0 Å². The Morgan fingerprint density at radius 2 is 1.86 bits per heavy atom. The van der Waals surface area contributed by atoms with Crippen LogP contribution < -0.4 is 27.2 Å². The van der Waals surface area contributed by atoms with Crippen LogP contribution in [0, 0.1) is 0 Å². The van der Waals surface area contributed by atoms with E-state index < -0.39 is 12.0 Å². The summed E-state index contributed by atoms with van der Waals surface area (Å²) >= 11 is 0. The third-order valence-electron chi connectivity index (χ3n) is 5.77. The molecule has 2 aromatic carbocycles. The van der Waals surface area contributed by atoms with Crippen molar-refractivity contribution in [2.75, 3.05) is 12.8 Å². The second kappa shape index (κ2) is 10.2. The van der Waals surface area contributed by atoms with Gasteiger partial charge in [0.15, 0.2) is 0 Å². The molecule has 1 amide bonds. The zero-order valence-electron chi connectivity index (χ0n) is 19.5. The third kappa shape index (κ3) is 5.35. The first-order valence-electron chi connectivity index (χ1n) is 11.1. The van der Waals surface area contributed by atoms with E-state index >= 15 is 0 Å². The number of nitrogen functional groups attached to an aromatic ring is 1. The van der Waals surface area contributed by atoms with Crippen LogP contribution in [-0.2, 0) is 27.2 Å². The average Bonchev–Trinajstić information content (AvgIpc) is 3.37. The molecule has 0 aliphatic carbocycles. The van der Waals surface area contributed by atoms with Crippen LogP contribution in [0.3, 0.4) is 0 Å². The van der Waals surface area contributed by atoms with Gasteiger partial charge in [-0.1, -0.05) is 36.4 Å². The fourth-order valence-corrected chi connectivity index (χ4v) is 4.05. The van der Waals surface area contributed by atoms with Crippen molar-refractivity contribution in [2.45, 2.75) is 25.8 Å². The van der Waals surface area contributed by atoms with Gasteiger partial charge in [0.1, 0.15) is 6.04 Å². The van der Waals surface area contributed by atoms with Crippen LogP contribution in [0.25, 0.3) is 23.1 Å². The maximum absolute atomic E-state index is 12.6. The number of esters is 1. The van der Waals surface area contributed by atoms with Crippen LogP contribution in [0.5, 0.6) is 0 Å². The summed E-state index contributed by atoms with van der Waals surface area (Å²) in [6.45, 7) is 1.35. The van der Waals surface area contributed by atoms with Crippen molar-refractivity contribution in [3.63, 3.8) is 0 Å². The summed E-state index contributed by atoms with van der Waals surface area (Å²) in [6.07, 6.45) is 4.46. The predicted molar refractivity (Wildman–Crippen MR) is 135 cm³/mol. The highest BCUT2D eigenvalue weighted by Gasteiger charge is 2.24. The molecular weight excluding hydrogens is 446 g/mol. The number of anilines is 1. The first-order valence-corrected chi connectivity index (χ1v) is 11.1.